The predicted molar refractivity (Wildman–Crippen MR) is 208 cm³/mol. The summed E-state index contributed by atoms with van der Waals surface area (Å²) in [5.41, 5.74) is 9.71. The van der Waals surface area contributed by atoms with Crippen LogP contribution >= 0.6 is 11.3 Å². The monoisotopic (exact) mass is 658 g/mol. The van der Waals surface area contributed by atoms with Gasteiger partial charge in [-0.1, -0.05) is 133 Å². The lowest BCUT2D eigenvalue weighted by Crippen LogP contribution is -2.11. The van der Waals surface area contributed by atoms with Crippen LogP contribution in [-0.2, 0) is 0 Å². The summed E-state index contributed by atoms with van der Waals surface area (Å²) in [5.74, 6) is 1.02. The second-order valence-electron chi connectivity index (χ2n) is 13.2. The SMILES string of the molecule is c1ccc(C2=NC(c3ccccc3)N3C(c4cccc(-n5c6ccccc6c6cc(-c7cccc8c7sc7ccccc78)ccc65)c4)N23)cc1. The molecule has 2 aliphatic rings. The summed E-state index contributed by atoms with van der Waals surface area (Å²) < 4.78 is 5.11. The average Bonchev–Trinajstić information content (AvgIpc) is 3.44. The van der Waals surface area contributed by atoms with Crippen LogP contribution in [0.15, 0.2) is 175 Å². The number of fused-ring (bicyclic) bond motifs is 7. The summed E-state index contributed by atoms with van der Waals surface area (Å²) >= 11 is 1.89. The molecule has 9 aromatic rings. The molecule has 0 N–H and O–H groups in total. The van der Waals surface area contributed by atoms with Gasteiger partial charge in [-0.3, -0.25) is 5.01 Å². The van der Waals surface area contributed by atoms with E-state index in [-0.39, 0.29) is 12.3 Å². The zero-order valence-electron chi connectivity index (χ0n) is 27.0. The molecule has 0 bridgehead atoms. The molecular weight excluding hydrogens is 629 g/mol. The fourth-order valence-corrected chi connectivity index (χ4v) is 9.29. The number of nitrogens with zero attached hydrogens (tertiary/aromatic N) is 4. The maximum Gasteiger partial charge on any atom is 0.150 e. The van der Waals surface area contributed by atoms with Gasteiger partial charge in [0.2, 0.25) is 0 Å². The molecule has 0 spiro atoms. The molecule has 0 radical (unpaired) electrons. The molecule has 50 heavy (non-hydrogen) atoms. The minimum absolute atomic E-state index is 0.0582. The Labute approximate surface area is 293 Å². The molecule has 11 rings (SSSR count). The number of amidine groups is 1. The summed E-state index contributed by atoms with van der Waals surface area (Å²) in [5, 5.41) is 9.95. The zero-order chi connectivity index (χ0) is 32.8. The molecule has 3 unspecified atom stereocenters. The second kappa shape index (κ2) is 10.7. The molecule has 236 valence electrons. The standard InChI is InChI=1S/C45H30N4S/c1-3-13-29(14-4-1)43-46-44(30-15-5-2-6-16-30)49-45(48(43)49)32-17-11-18-33(27-32)47-39-23-9-7-19-35(39)38-28-31(25-26-40(38)47)34-21-12-22-37-36-20-8-10-24-41(36)50-42(34)37/h1-28,43,45H. The smallest absolute Gasteiger partial charge is 0.150 e. The Hall–Kier alpha value is -6.01. The van der Waals surface area contributed by atoms with Crippen LogP contribution in [0.4, 0.5) is 0 Å². The van der Waals surface area contributed by atoms with Gasteiger partial charge in [0.1, 0.15) is 18.2 Å². The van der Waals surface area contributed by atoms with Crippen LogP contribution < -0.4 is 0 Å². The first-order chi connectivity index (χ1) is 24.8. The molecule has 5 heteroatoms. The lowest BCUT2D eigenvalue weighted by atomic mass is 10.0. The highest BCUT2D eigenvalue weighted by molar-refractivity contribution is 7.26. The van der Waals surface area contributed by atoms with Gasteiger partial charge >= 0.3 is 0 Å². The normalized spacial score (nSPS) is 18.3. The van der Waals surface area contributed by atoms with E-state index in [1.807, 2.05) is 11.3 Å². The van der Waals surface area contributed by atoms with E-state index in [0.717, 1.165) is 17.1 Å². The van der Waals surface area contributed by atoms with Crippen LogP contribution in [0.5, 0.6) is 0 Å². The van der Waals surface area contributed by atoms with Crippen molar-refractivity contribution in [3.63, 3.8) is 0 Å². The van der Waals surface area contributed by atoms with Gasteiger partial charge in [0.05, 0.1) is 11.0 Å². The van der Waals surface area contributed by atoms with Crippen LogP contribution in [0.25, 0.3) is 58.8 Å². The predicted octanol–water partition coefficient (Wildman–Crippen LogP) is 11.5. The highest BCUT2D eigenvalue weighted by Gasteiger charge is 2.57. The average molecular weight is 659 g/mol. The molecule has 1 saturated heterocycles. The van der Waals surface area contributed by atoms with Crippen LogP contribution in [0.3, 0.4) is 0 Å². The third kappa shape index (κ3) is 4.11. The van der Waals surface area contributed by atoms with Crippen molar-refractivity contribution < 1.29 is 0 Å². The molecule has 4 heterocycles. The molecule has 3 atom stereocenters. The van der Waals surface area contributed by atoms with Crippen molar-refractivity contribution in [3.8, 4) is 16.8 Å². The van der Waals surface area contributed by atoms with Gasteiger partial charge in [0.25, 0.3) is 0 Å². The number of rotatable bonds is 5. The fraction of sp³-hybridized carbons (Fsp3) is 0.0444. The summed E-state index contributed by atoms with van der Waals surface area (Å²) in [7, 11) is 0. The Kier molecular flexibility index (Phi) is 5.99. The Morgan fingerprint density at radius 1 is 0.500 bits per heavy atom. The van der Waals surface area contributed by atoms with Crippen molar-refractivity contribution in [2.24, 2.45) is 4.99 Å². The summed E-state index contributed by atoms with van der Waals surface area (Å²) in [6, 6.07) is 61.6. The van der Waals surface area contributed by atoms with Crippen LogP contribution in [0, 0.1) is 0 Å². The third-order valence-electron chi connectivity index (χ3n) is 10.3. The van der Waals surface area contributed by atoms with Crippen molar-refractivity contribution in [2.75, 3.05) is 0 Å². The number of benzene rings is 7. The van der Waals surface area contributed by atoms with Crippen molar-refractivity contribution in [1.29, 1.82) is 0 Å². The number of thiophene rings is 1. The molecule has 1 fully saturated rings. The van der Waals surface area contributed by atoms with E-state index >= 15 is 0 Å². The third-order valence-corrected chi connectivity index (χ3v) is 11.6. The lowest BCUT2D eigenvalue weighted by Gasteiger charge is -2.13. The van der Waals surface area contributed by atoms with Gasteiger partial charge in [-0.25, -0.2) is 4.99 Å². The van der Waals surface area contributed by atoms with Gasteiger partial charge in [-0.2, -0.15) is 5.01 Å². The summed E-state index contributed by atoms with van der Waals surface area (Å²) in [6.45, 7) is 0. The Morgan fingerprint density at radius 3 is 2.08 bits per heavy atom. The van der Waals surface area contributed by atoms with Crippen molar-refractivity contribution in [2.45, 2.75) is 12.3 Å². The quantitative estimate of drug-likeness (QED) is 0.172. The molecular formula is C45H30N4S. The minimum atomic E-state index is -0.0582. The summed E-state index contributed by atoms with van der Waals surface area (Å²) in [4.78, 5) is 5.22. The van der Waals surface area contributed by atoms with Crippen LogP contribution in [0.2, 0.25) is 0 Å². The van der Waals surface area contributed by atoms with Gasteiger partial charge in [0, 0.05) is 42.2 Å². The highest BCUT2D eigenvalue weighted by Crippen LogP contribution is 2.54. The molecule has 7 aromatic carbocycles. The van der Waals surface area contributed by atoms with Crippen LogP contribution in [-0.4, -0.2) is 20.4 Å². The molecule has 4 nitrogen and oxygen atoms in total. The first-order valence-electron chi connectivity index (χ1n) is 17.1. The van der Waals surface area contributed by atoms with E-state index in [9.17, 15) is 0 Å². The molecule has 0 saturated carbocycles. The van der Waals surface area contributed by atoms with E-state index < -0.39 is 0 Å². The van der Waals surface area contributed by atoms with Crippen molar-refractivity contribution in [1.82, 2.24) is 14.6 Å². The maximum atomic E-state index is 5.22. The largest absolute Gasteiger partial charge is 0.309 e. The van der Waals surface area contributed by atoms with E-state index in [1.54, 1.807) is 0 Å². The molecule has 0 aliphatic carbocycles. The number of aliphatic imine (C=N–C) groups is 1. The van der Waals surface area contributed by atoms with Gasteiger partial charge in [-0.05, 0) is 58.7 Å². The maximum absolute atomic E-state index is 5.22. The second-order valence-corrected chi connectivity index (χ2v) is 14.2. The fourth-order valence-electron chi connectivity index (χ4n) is 8.05. The highest BCUT2D eigenvalue weighted by atomic mass is 32.1. The Morgan fingerprint density at radius 2 is 1.20 bits per heavy atom. The first kappa shape index (κ1) is 27.9. The Bertz CT molecular complexity index is 2800. The first-order valence-corrected chi connectivity index (χ1v) is 17.9. The van der Waals surface area contributed by atoms with E-state index in [4.69, 9.17) is 4.99 Å². The number of hydrogen-bond acceptors (Lipinski definition) is 4. The molecule has 2 aliphatic heterocycles. The lowest BCUT2D eigenvalue weighted by molar-refractivity contribution is 0.341. The topological polar surface area (TPSA) is 23.3 Å². The molecule has 0 amide bonds. The number of hydrazine groups is 1. The Balaban J connectivity index is 1.03. The van der Waals surface area contributed by atoms with Crippen molar-refractivity contribution in [3.05, 3.63) is 187 Å². The van der Waals surface area contributed by atoms with Gasteiger partial charge in [0.15, 0.2) is 0 Å². The van der Waals surface area contributed by atoms with E-state index in [1.165, 1.54) is 64.2 Å². The van der Waals surface area contributed by atoms with Gasteiger partial charge < -0.3 is 4.57 Å². The number of hydrogen-bond donors (Lipinski definition) is 0. The number of aromatic nitrogens is 1. The van der Waals surface area contributed by atoms with Crippen LogP contribution in [0.1, 0.15) is 29.0 Å². The number of para-hydroxylation sites is 1. The van der Waals surface area contributed by atoms with E-state index in [0.29, 0.717) is 0 Å². The van der Waals surface area contributed by atoms with E-state index in [2.05, 4.69) is 184 Å². The van der Waals surface area contributed by atoms with Crippen molar-refractivity contribution >= 4 is 59.2 Å². The molecule has 2 aromatic heterocycles. The minimum Gasteiger partial charge on any atom is -0.309 e. The summed E-state index contributed by atoms with van der Waals surface area (Å²) in [6.07, 6.45) is 0.0477. The van der Waals surface area contributed by atoms with Gasteiger partial charge in [-0.15, -0.1) is 11.3 Å². The zero-order valence-corrected chi connectivity index (χ0v) is 27.8.